The van der Waals surface area contributed by atoms with Gasteiger partial charge in [0.1, 0.15) is 5.82 Å². The van der Waals surface area contributed by atoms with Crippen molar-refractivity contribution in [2.75, 3.05) is 25.0 Å². The number of carboxylic acid groups (broad SMARTS) is 1. The van der Waals surface area contributed by atoms with Crippen LogP contribution in [0.2, 0.25) is 0 Å². The van der Waals surface area contributed by atoms with E-state index in [1.807, 2.05) is 13.8 Å². The van der Waals surface area contributed by atoms with Crippen LogP contribution >= 0.6 is 0 Å². The van der Waals surface area contributed by atoms with E-state index >= 15 is 0 Å². The topological polar surface area (TPSA) is 74.2 Å². The number of aromatic carboxylic acids is 1. The zero-order valence-corrected chi connectivity index (χ0v) is 11.9. The fraction of sp³-hybridized carbons (Fsp3) is 0.571. The summed E-state index contributed by atoms with van der Waals surface area (Å²) in [6.07, 6.45) is 0.976. The zero-order chi connectivity index (χ0) is 14.3. The summed E-state index contributed by atoms with van der Waals surface area (Å²) < 4.78 is 0. The summed E-state index contributed by atoms with van der Waals surface area (Å²) >= 11 is 0. The van der Waals surface area contributed by atoms with Crippen molar-refractivity contribution in [3.8, 4) is 0 Å². The quantitative estimate of drug-likeness (QED) is 0.629. The summed E-state index contributed by atoms with van der Waals surface area (Å²) in [5.74, 6) is -0.0679. The predicted octanol–water partition coefficient (Wildman–Crippen LogP) is 2.31. The monoisotopic (exact) mass is 265 g/mol. The molecule has 5 heteroatoms. The normalized spacial score (nSPS) is 10.7. The van der Waals surface area contributed by atoms with Crippen LogP contribution in [0.15, 0.2) is 12.1 Å². The third-order valence-corrected chi connectivity index (χ3v) is 2.77. The van der Waals surface area contributed by atoms with E-state index in [0.717, 1.165) is 31.7 Å². The molecule has 0 atom stereocenters. The highest BCUT2D eigenvalue weighted by Crippen LogP contribution is 2.17. The molecule has 1 heterocycles. The van der Waals surface area contributed by atoms with Crippen molar-refractivity contribution in [2.24, 2.45) is 0 Å². The van der Waals surface area contributed by atoms with Crippen molar-refractivity contribution in [1.29, 1.82) is 0 Å². The lowest BCUT2D eigenvalue weighted by Gasteiger charge is -2.11. The number of nitrogens with one attached hydrogen (secondary N) is 2. The Labute approximate surface area is 114 Å². The van der Waals surface area contributed by atoms with Crippen molar-refractivity contribution in [2.45, 2.75) is 33.1 Å². The first-order chi connectivity index (χ1) is 9.04. The number of anilines is 1. The molecule has 0 fully saturated rings. The highest BCUT2D eigenvalue weighted by Gasteiger charge is 2.10. The number of rotatable bonds is 8. The zero-order valence-electron chi connectivity index (χ0n) is 11.9. The van der Waals surface area contributed by atoms with Crippen LogP contribution in [-0.2, 0) is 0 Å². The van der Waals surface area contributed by atoms with Gasteiger partial charge in [0.2, 0.25) is 0 Å². The van der Waals surface area contributed by atoms with Crippen molar-refractivity contribution in [3.63, 3.8) is 0 Å². The van der Waals surface area contributed by atoms with Crippen molar-refractivity contribution >= 4 is 11.8 Å². The fourth-order valence-corrected chi connectivity index (χ4v) is 1.67. The van der Waals surface area contributed by atoms with Gasteiger partial charge < -0.3 is 15.7 Å². The molecule has 106 valence electrons. The summed E-state index contributed by atoms with van der Waals surface area (Å²) in [6, 6.07) is 3.22. The van der Waals surface area contributed by atoms with Gasteiger partial charge in [-0.2, -0.15) is 0 Å². The Morgan fingerprint density at radius 3 is 2.68 bits per heavy atom. The number of aromatic nitrogens is 1. The average molecular weight is 265 g/mol. The first kappa shape index (κ1) is 15.4. The van der Waals surface area contributed by atoms with Crippen LogP contribution in [0, 0.1) is 0 Å². The summed E-state index contributed by atoms with van der Waals surface area (Å²) in [5.41, 5.74) is 1.09. The summed E-state index contributed by atoms with van der Waals surface area (Å²) in [4.78, 5) is 15.5. The van der Waals surface area contributed by atoms with E-state index < -0.39 is 5.97 Å². The number of hydrogen-bond donors (Lipinski definition) is 3. The highest BCUT2D eigenvalue weighted by molar-refractivity contribution is 5.88. The van der Waals surface area contributed by atoms with E-state index in [-0.39, 0.29) is 11.5 Å². The van der Waals surface area contributed by atoms with Gasteiger partial charge in [-0.1, -0.05) is 20.8 Å². The molecular weight excluding hydrogens is 242 g/mol. The van der Waals surface area contributed by atoms with E-state index in [0.29, 0.717) is 5.82 Å². The molecule has 1 aromatic heterocycles. The maximum atomic E-state index is 11.1. The number of carboxylic acids is 1. The fourth-order valence-electron chi connectivity index (χ4n) is 1.67. The Bertz CT molecular complexity index is 419. The van der Waals surface area contributed by atoms with Crippen LogP contribution in [0.1, 0.15) is 49.2 Å². The van der Waals surface area contributed by atoms with Crippen LogP contribution < -0.4 is 10.6 Å². The minimum atomic E-state index is -0.917. The third kappa shape index (κ3) is 5.26. The molecule has 0 amide bonds. The SMILES string of the molecule is CCNCCCNc1cc(C(=O)O)cc(C(C)C)n1. The summed E-state index contributed by atoms with van der Waals surface area (Å²) in [5, 5.41) is 15.5. The molecule has 19 heavy (non-hydrogen) atoms. The molecule has 0 saturated carbocycles. The van der Waals surface area contributed by atoms with Gasteiger partial charge in [0, 0.05) is 12.2 Å². The number of hydrogen-bond acceptors (Lipinski definition) is 4. The van der Waals surface area contributed by atoms with Gasteiger partial charge in [0.05, 0.1) is 5.56 Å². The molecule has 0 unspecified atom stereocenters. The van der Waals surface area contributed by atoms with Gasteiger partial charge in [-0.15, -0.1) is 0 Å². The molecule has 3 N–H and O–H groups in total. The van der Waals surface area contributed by atoms with Gasteiger partial charge in [0.15, 0.2) is 0 Å². The Hall–Kier alpha value is -1.62. The molecule has 0 aromatic carbocycles. The molecular formula is C14H23N3O2. The van der Waals surface area contributed by atoms with Gasteiger partial charge in [-0.3, -0.25) is 0 Å². The van der Waals surface area contributed by atoms with E-state index in [1.165, 1.54) is 0 Å². The van der Waals surface area contributed by atoms with Gasteiger partial charge in [-0.05, 0) is 37.6 Å². The largest absolute Gasteiger partial charge is 0.478 e. The Balaban J connectivity index is 2.68. The Morgan fingerprint density at radius 1 is 1.37 bits per heavy atom. The number of pyridine rings is 1. The van der Waals surface area contributed by atoms with Crippen LogP contribution in [0.3, 0.4) is 0 Å². The predicted molar refractivity (Wildman–Crippen MR) is 76.9 cm³/mol. The summed E-state index contributed by atoms with van der Waals surface area (Å²) in [7, 11) is 0. The molecule has 0 aliphatic heterocycles. The van der Waals surface area contributed by atoms with E-state index in [4.69, 9.17) is 5.11 Å². The van der Waals surface area contributed by atoms with Gasteiger partial charge >= 0.3 is 5.97 Å². The van der Waals surface area contributed by atoms with Crippen molar-refractivity contribution < 1.29 is 9.90 Å². The second-order valence-corrected chi connectivity index (χ2v) is 4.76. The van der Waals surface area contributed by atoms with E-state index in [1.54, 1.807) is 12.1 Å². The molecule has 1 rings (SSSR count). The molecule has 5 nitrogen and oxygen atoms in total. The second-order valence-electron chi connectivity index (χ2n) is 4.76. The molecule has 0 saturated heterocycles. The lowest BCUT2D eigenvalue weighted by Crippen LogP contribution is -2.17. The van der Waals surface area contributed by atoms with Gasteiger partial charge in [-0.25, -0.2) is 9.78 Å². The maximum Gasteiger partial charge on any atom is 0.335 e. The molecule has 1 aromatic rings. The van der Waals surface area contributed by atoms with Crippen LogP contribution in [0.4, 0.5) is 5.82 Å². The smallest absolute Gasteiger partial charge is 0.335 e. The third-order valence-electron chi connectivity index (χ3n) is 2.77. The molecule has 0 bridgehead atoms. The molecule has 0 aliphatic carbocycles. The molecule has 0 radical (unpaired) electrons. The average Bonchev–Trinajstić information content (AvgIpc) is 2.38. The van der Waals surface area contributed by atoms with Crippen LogP contribution in [-0.4, -0.2) is 35.7 Å². The minimum absolute atomic E-state index is 0.210. The first-order valence-corrected chi connectivity index (χ1v) is 6.74. The lowest BCUT2D eigenvalue weighted by atomic mass is 10.1. The molecule has 0 aliphatic rings. The van der Waals surface area contributed by atoms with Crippen LogP contribution in [0.5, 0.6) is 0 Å². The lowest BCUT2D eigenvalue weighted by molar-refractivity contribution is 0.0696. The van der Waals surface area contributed by atoms with Crippen molar-refractivity contribution in [1.82, 2.24) is 10.3 Å². The molecule has 0 spiro atoms. The minimum Gasteiger partial charge on any atom is -0.478 e. The van der Waals surface area contributed by atoms with Crippen LogP contribution in [0.25, 0.3) is 0 Å². The maximum absolute atomic E-state index is 11.1. The Morgan fingerprint density at radius 2 is 2.11 bits per heavy atom. The van der Waals surface area contributed by atoms with E-state index in [9.17, 15) is 4.79 Å². The highest BCUT2D eigenvalue weighted by atomic mass is 16.4. The standard InChI is InChI=1S/C14H23N3O2/c1-4-15-6-5-7-16-13-9-11(14(18)19)8-12(17-13)10(2)3/h8-10,15H,4-7H2,1-3H3,(H,16,17)(H,18,19). The van der Waals surface area contributed by atoms with E-state index in [2.05, 4.69) is 22.5 Å². The van der Waals surface area contributed by atoms with Crippen molar-refractivity contribution in [3.05, 3.63) is 23.4 Å². The van der Waals surface area contributed by atoms with Gasteiger partial charge in [0.25, 0.3) is 0 Å². The Kier molecular flexibility index (Phi) is 6.29. The number of carbonyl (C=O) groups is 1. The summed E-state index contributed by atoms with van der Waals surface area (Å²) in [6.45, 7) is 8.76. The number of nitrogens with zero attached hydrogens (tertiary/aromatic N) is 1. The first-order valence-electron chi connectivity index (χ1n) is 6.74. The second kappa shape index (κ2) is 7.74.